The van der Waals surface area contributed by atoms with Gasteiger partial charge in [0.15, 0.2) is 11.2 Å². The second-order valence-electron chi connectivity index (χ2n) is 8.16. The van der Waals surface area contributed by atoms with Gasteiger partial charge in [0.2, 0.25) is 5.95 Å². The summed E-state index contributed by atoms with van der Waals surface area (Å²) in [6.45, 7) is 0.566. The quantitative estimate of drug-likeness (QED) is 0.413. The lowest BCUT2D eigenvalue weighted by Crippen LogP contribution is -2.38. The Bertz CT molecular complexity index is 1410. The molecule has 2 heterocycles. The van der Waals surface area contributed by atoms with Gasteiger partial charge in [-0.05, 0) is 29.8 Å². The standard InChI is InChI=1S/C24H26ClN5O4/c1-27(13-16-7-5-4-6-8-16)23-26-21-20(22(32)29(3)24(33)28(21)2)30(23)14-18(31)15-34-19-11-9-17(25)10-12-19/h4-12,18,31H,13-15H2,1-3H3/t18-/m1/s1. The molecular weight excluding hydrogens is 458 g/mol. The van der Waals surface area contributed by atoms with E-state index in [1.54, 1.807) is 35.9 Å². The minimum Gasteiger partial charge on any atom is -0.491 e. The summed E-state index contributed by atoms with van der Waals surface area (Å²) in [6.07, 6.45) is -0.945. The molecule has 0 spiro atoms. The lowest BCUT2D eigenvalue weighted by Gasteiger charge is -2.21. The zero-order chi connectivity index (χ0) is 24.4. The molecule has 178 valence electrons. The third-order valence-corrected chi connectivity index (χ3v) is 5.83. The van der Waals surface area contributed by atoms with Gasteiger partial charge in [0.1, 0.15) is 18.5 Å². The lowest BCUT2D eigenvalue weighted by molar-refractivity contribution is 0.0936. The maximum atomic E-state index is 13.1. The maximum Gasteiger partial charge on any atom is 0.332 e. The van der Waals surface area contributed by atoms with Crippen LogP contribution < -0.4 is 20.9 Å². The molecule has 2 aromatic carbocycles. The SMILES string of the molecule is CN(Cc1ccccc1)c1nc2c(c(=O)n(C)c(=O)n2C)n1C[C@@H](O)COc1ccc(Cl)cc1. The van der Waals surface area contributed by atoms with Crippen molar-refractivity contribution in [2.24, 2.45) is 14.1 Å². The molecule has 4 aromatic rings. The third kappa shape index (κ3) is 4.71. The van der Waals surface area contributed by atoms with E-state index in [1.165, 1.54) is 11.6 Å². The van der Waals surface area contributed by atoms with E-state index < -0.39 is 17.4 Å². The molecule has 0 aliphatic heterocycles. The van der Waals surface area contributed by atoms with Gasteiger partial charge in [0, 0.05) is 32.7 Å². The highest BCUT2D eigenvalue weighted by molar-refractivity contribution is 6.30. The van der Waals surface area contributed by atoms with Gasteiger partial charge in [-0.3, -0.25) is 13.9 Å². The summed E-state index contributed by atoms with van der Waals surface area (Å²) >= 11 is 5.91. The summed E-state index contributed by atoms with van der Waals surface area (Å²) < 4.78 is 9.71. The first-order valence-corrected chi connectivity index (χ1v) is 11.1. The Morgan fingerprint density at radius 1 is 1.06 bits per heavy atom. The van der Waals surface area contributed by atoms with Crippen molar-refractivity contribution >= 4 is 28.7 Å². The molecule has 0 amide bonds. The van der Waals surface area contributed by atoms with Crippen molar-refractivity contribution in [1.29, 1.82) is 0 Å². The fourth-order valence-corrected chi connectivity index (χ4v) is 3.94. The molecule has 1 atom stereocenters. The maximum absolute atomic E-state index is 13.1. The molecule has 4 rings (SSSR count). The molecule has 0 aliphatic carbocycles. The molecule has 0 aliphatic rings. The molecule has 10 heteroatoms. The molecule has 0 radical (unpaired) electrons. The molecule has 9 nitrogen and oxygen atoms in total. The Morgan fingerprint density at radius 3 is 2.41 bits per heavy atom. The van der Waals surface area contributed by atoms with Crippen LogP contribution in [0.5, 0.6) is 5.75 Å². The van der Waals surface area contributed by atoms with Gasteiger partial charge in [-0.15, -0.1) is 0 Å². The van der Waals surface area contributed by atoms with Crippen LogP contribution in [0.1, 0.15) is 5.56 Å². The number of nitrogens with zero attached hydrogens (tertiary/aromatic N) is 5. The number of halogens is 1. The highest BCUT2D eigenvalue weighted by Gasteiger charge is 2.23. The van der Waals surface area contributed by atoms with E-state index in [-0.39, 0.29) is 24.3 Å². The van der Waals surface area contributed by atoms with Crippen molar-refractivity contribution in [3.05, 3.63) is 86.0 Å². The summed E-state index contributed by atoms with van der Waals surface area (Å²) in [7, 11) is 4.85. The molecule has 34 heavy (non-hydrogen) atoms. The highest BCUT2D eigenvalue weighted by Crippen LogP contribution is 2.22. The van der Waals surface area contributed by atoms with Crippen LogP contribution in [0.4, 0.5) is 5.95 Å². The fraction of sp³-hybridized carbons (Fsp3) is 0.292. The molecule has 0 saturated heterocycles. The Labute approximate surface area is 201 Å². The van der Waals surface area contributed by atoms with Crippen LogP contribution in [0, 0.1) is 0 Å². The Balaban J connectivity index is 1.70. The molecular formula is C24H26ClN5O4. The zero-order valence-electron chi connectivity index (χ0n) is 19.2. The number of fused-ring (bicyclic) bond motifs is 1. The van der Waals surface area contributed by atoms with E-state index in [2.05, 4.69) is 4.98 Å². The number of aliphatic hydroxyl groups is 1. The van der Waals surface area contributed by atoms with E-state index >= 15 is 0 Å². The van der Waals surface area contributed by atoms with Gasteiger partial charge in [0.25, 0.3) is 5.56 Å². The largest absolute Gasteiger partial charge is 0.491 e. The smallest absolute Gasteiger partial charge is 0.332 e. The Hall–Kier alpha value is -3.56. The van der Waals surface area contributed by atoms with Crippen LogP contribution in [-0.4, -0.2) is 43.6 Å². The molecule has 2 aromatic heterocycles. The van der Waals surface area contributed by atoms with Crippen LogP contribution in [-0.2, 0) is 27.2 Å². The second-order valence-corrected chi connectivity index (χ2v) is 8.60. The first-order valence-electron chi connectivity index (χ1n) is 10.7. The Morgan fingerprint density at radius 2 is 1.74 bits per heavy atom. The minimum atomic E-state index is -0.945. The van der Waals surface area contributed by atoms with Gasteiger partial charge in [-0.25, -0.2) is 4.79 Å². The average molecular weight is 484 g/mol. The summed E-state index contributed by atoms with van der Waals surface area (Å²) in [5.41, 5.74) is 0.609. The van der Waals surface area contributed by atoms with Gasteiger partial charge >= 0.3 is 5.69 Å². The lowest BCUT2D eigenvalue weighted by atomic mass is 10.2. The van der Waals surface area contributed by atoms with E-state index in [0.29, 0.717) is 23.3 Å². The average Bonchev–Trinajstić information content (AvgIpc) is 3.21. The van der Waals surface area contributed by atoms with Crippen LogP contribution >= 0.6 is 11.6 Å². The van der Waals surface area contributed by atoms with Crippen molar-refractivity contribution in [2.45, 2.75) is 19.2 Å². The second kappa shape index (κ2) is 9.74. The van der Waals surface area contributed by atoms with Gasteiger partial charge in [0.05, 0.1) is 6.54 Å². The first-order chi connectivity index (χ1) is 16.3. The van der Waals surface area contributed by atoms with Crippen LogP contribution in [0.3, 0.4) is 0 Å². The number of imidazole rings is 1. The molecule has 1 N–H and O–H groups in total. The zero-order valence-corrected chi connectivity index (χ0v) is 19.9. The summed E-state index contributed by atoms with van der Waals surface area (Å²) in [5, 5.41) is 11.4. The first kappa shape index (κ1) is 23.6. The van der Waals surface area contributed by atoms with Crippen molar-refractivity contribution in [2.75, 3.05) is 18.6 Å². The van der Waals surface area contributed by atoms with E-state index in [1.807, 2.05) is 42.3 Å². The number of hydrogen-bond acceptors (Lipinski definition) is 6. The molecule has 0 fully saturated rings. The van der Waals surface area contributed by atoms with E-state index in [0.717, 1.165) is 10.1 Å². The molecule has 0 unspecified atom stereocenters. The highest BCUT2D eigenvalue weighted by atomic mass is 35.5. The number of aliphatic hydroxyl groups excluding tert-OH is 1. The van der Waals surface area contributed by atoms with Crippen molar-refractivity contribution in [1.82, 2.24) is 18.7 Å². The minimum absolute atomic E-state index is 0.00474. The summed E-state index contributed by atoms with van der Waals surface area (Å²) in [4.78, 5) is 32.0. The number of anilines is 1. The van der Waals surface area contributed by atoms with Crippen LogP contribution in [0.25, 0.3) is 11.2 Å². The van der Waals surface area contributed by atoms with Crippen LogP contribution in [0.2, 0.25) is 5.02 Å². The predicted octanol–water partition coefficient (Wildman–Crippen LogP) is 2.16. The van der Waals surface area contributed by atoms with Gasteiger partial charge in [-0.2, -0.15) is 4.98 Å². The number of hydrogen-bond donors (Lipinski definition) is 1. The number of benzene rings is 2. The monoisotopic (exact) mass is 483 g/mol. The predicted molar refractivity (Wildman–Crippen MR) is 132 cm³/mol. The number of rotatable bonds is 8. The Kier molecular flexibility index (Phi) is 6.76. The third-order valence-electron chi connectivity index (χ3n) is 5.58. The summed E-state index contributed by atoms with van der Waals surface area (Å²) in [5.74, 6) is 1.03. The van der Waals surface area contributed by atoms with Crippen LogP contribution in [0.15, 0.2) is 64.2 Å². The fourth-order valence-electron chi connectivity index (χ4n) is 3.81. The topological polar surface area (TPSA) is 94.5 Å². The van der Waals surface area contributed by atoms with E-state index in [4.69, 9.17) is 16.3 Å². The van der Waals surface area contributed by atoms with E-state index in [9.17, 15) is 14.7 Å². The molecule has 0 bridgehead atoms. The molecule has 0 saturated carbocycles. The van der Waals surface area contributed by atoms with Gasteiger partial charge in [-0.1, -0.05) is 41.9 Å². The number of ether oxygens (including phenoxy) is 1. The van der Waals surface area contributed by atoms with Crippen molar-refractivity contribution < 1.29 is 9.84 Å². The number of aromatic nitrogens is 4. The van der Waals surface area contributed by atoms with Crippen molar-refractivity contribution in [3.63, 3.8) is 0 Å². The number of aryl methyl sites for hydroxylation is 1. The summed E-state index contributed by atoms with van der Waals surface area (Å²) in [6, 6.07) is 16.7. The van der Waals surface area contributed by atoms with Gasteiger partial charge < -0.3 is 19.3 Å². The van der Waals surface area contributed by atoms with Crippen molar-refractivity contribution in [3.8, 4) is 5.75 Å². The normalized spacial score (nSPS) is 12.1.